The lowest BCUT2D eigenvalue weighted by Gasteiger charge is -2.08. The van der Waals surface area contributed by atoms with Crippen molar-refractivity contribution in [1.82, 2.24) is 9.38 Å². The van der Waals surface area contributed by atoms with Gasteiger partial charge in [-0.2, -0.15) is 0 Å². The van der Waals surface area contributed by atoms with E-state index >= 15 is 0 Å². The summed E-state index contributed by atoms with van der Waals surface area (Å²) in [7, 11) is 1.54. The van der Waals surface area contributed by atoms with Crippen molar-refractivity contribution >= 4 is 23.1 Å². The molecule has 6 heteroatoms. The molecule has 0 unspecified atom stereocenters. The van der Waals surface area contributed by atoms with Crippen LogP contribution in [0.25, 0.3) is 16.9 Å². The van der Waals surface area contributed by atoms with Crippen molar-refractivity contribution < 1.29 is 9.13 Å². The summed E-state index contributed by atoms with van der Waals surface area (Å²) in [6.45, 7) is 0. The van der Waals surface area contributed by atoms with Crippen LogP contribution in [0.3, 0.4) is 0 Å². The fraction of sp³-hybridized carbons (Fsp3) is 0.0714. The predicted molar refractivity (Wildman–Crippen MR) is 76.6 cm³/mol. The van der Waals surface area contributed by atoms with E-state index in [0.717, 1.165) is 0 Å². The number of imidazole rings is 1. The Hall–Kier alpha value is -2.27. The van der Waals surface area contributed by atoms with Gasteiger partial charge < -0.3 is 10.5 Å². The van der Waals surface area contributed by atoms with E-state index in [1.807, 2.05) is 0 Å². The van der Waals surface area contributed by atoms with Gasteiger partial charge in [-0.1, -0.05) is 17.7 Å². The maximum absolute atomic E-state index is 13.3. The molecule has 2 N–H and O–H groups in total. The Bertz CT molecular complexity index is 800. The molecule has 0 atom stereocenters. The number of hydrogen-bond acceptors (Lipinski definition) is 3. The zero-order valence-corrected chi connectivity index (χ0v) is 11.4. The van der Waals surface area contributed by atoms with Crippen LogP contribution in [0.5, 0.6) is 5.75 Å². The summed E-state index contributed by atoms with van der Waals surface area (Å²) in [5.74, 6) is 0.484. The lowest BCUT2D eigenvalue weighted by atomic mass is 10.1. The van der Waals surface area contributed by atoms with Gasteiger partial charge in [0.1, 0.15) is 28.7 Å². The Morgan fingerprint density at radius 1 is 1.30 bits per heavy atom. The standard InChI is InChI=1S/C14H11ClFN3O/c1-20-10-4-2-3-9(15)12(10)13-14(17)19-7-8(16)5-6-11(19)18-13/h2-7H,17H2,1H3. The fourth-order valence-corrected chi connectivity index (χ4v) is 2.38. The largest absolute Gasteiger partial charge is 0.496 e. The van der Waals surface area contributed by atoms with Gasteiger partial charge in [-0.3, -0.25) is 4.40 Å². The number of hydrogen-bond donors (Lipinski definition) is 1. The van der Waals surface area contributed by atoms with Crippen LogP contribution in [0, 0.1) is 5.82 Å². The molecular formula is C14H11ClFN3O. The summed E-state index contributed by atoms with van der Waals surface area (Å²) in [6.07, 6.45) is 1.28. The van der Waals surface area contributed by atoms with Crippen LogP contribution in [-0.4, -0.2) is 16.5 Å². The molecule has 3 rings (SSSR count). The number of aromatic nitrogens is 2. The van der Waals surface area contributed by atoms with Crippen LogP contribution in [0.15, 0.2) is 36.5 Å². The van der Waals surface area contributed by atoms with Crippen molar-refractivity contribution in [3.8, 4) is 17.0 Å². The van der Waals surface area contributed by atoms with Crippen LogP contribution in [-0.2, 0) is 0 Å². The molecule has 0 radical (unpaired) electrons. The molecule has 0 aliphatic rings. The third-order valence-corrected chi connectivity index (χ3v) is 3.37. The molecular weight excluding hydrogens is 281 g/mol. The van der Waals surface area contributed by atoms with Crippen molar-refractivity contribution in [2.45, 2.75) is 0 Å². The van der Waals surface area contributed by atoms with Crippen molar-refractivity contribution in [3.63, 3.8) is 0 Å². The van der Waals surface area contributed by atoms with E-state index in [0.29, 0.717) is 33.5 Å². The number of pyridine rings is 1. The Morgan fingerprint density at radius 3 is 2.85 bits per heavy atom. The quantitative estimate of drug-likeness (QED) is 0.787. The predicted octanol–water partition coefficient (Wildman–Crippen LogP) is 3.38. The zero-order chi connectivity index (χ0) is 14.3. The number of nitrogen functional groups attached to an aromatic ring is 1. The van der Waals surface area contributed by atoms with Gasteiger partial charge in [0.15, 0.2) is 0 Å². The zero-order valence-electron chi connectivity index (χ0n) is 10.6. The van der Waals surface area contributed by atoms with Crippen LogP contribution in [0.2, 0.25) is 5.02 Å². The second-order valence-electron chi connectivity index (χ2n) is 4.24. The lowest BCUT2D eigenvalue weighted by molar-refractivity contribution is 0.416. The average Bonchev–Trinajstić information content (AvgIpc) is 2.75. The van der Waals surface area contributed by atoms with Gasteiger partial charge in [0.2, 0.25) is 0 Å². The minimum atomic E-state index is -0.390. The van der Waals surface area contributed by atoms with E-state index < -0.39 is 0 Å². The van der Waals surface area contributed by atoms with Gasteiger partial charge >= 0.3 is 0 Å². The normalized spacial score (nSPS) is 10.9. The molecule has 0 amide bonds. The summed E-state index contributed by atoms with van der Waals surface area (Å²) in [6, 6.07) is 8.15. The van der Waals surface area contributed by atoms with E-state index in [1.165, 1.54) is 16.7 Å². The first kappa shape index (κ1) is 12.7. The van der Waals surface area contributed by atoms with E-state index in [2.05, 4.69) is 4.98 Å². The first-order valence-corrected chi connectivity index (χ1v) is 6.25. The molecule has 20 heavy (non-hydrogen) atoms. The van der Waals surface area contributed by atoms with Crippen LogP contribution in [0.1, 0.15) is 0 Å². The lowest BCUT2D eigenvalue weighted by Crippen LogP contribution is -1.96. The molecule has 0 fully saturated rings. The van der Waals surface area contributed by atoms with Crippen molar-refractivity contribution in [2.24, 2.45) is 0 Å². The molecule has 2 heterocycles. The summed E-state index contributed by atoms with van der Waals surface area (Å²) >= 11 is 6.21. The van der Waals surface area contributed by atoms with Gasteiger partial charge in [0, 0.05) is 6.20 Å². The molecule has 4 nitrogen and oxygen atoms in total. The number of fused-ring (bicyclic) bond motifs is 1. The molecule has 1 aromatic carbocycles. The first-order valence-electron chi connectivity index (χ1n) is 5.88. The van der Waals surface area contributed by atoms with Crippen LogP contribution >= 0.6 is 11.6 Å². The third kappa shape index (κ3) is 1.87. The highest BCUT2D eigenvalue weighted by Crippen LogP contribution is 2.38. The highest BCUT2D eigenvalue weighted by Gasteiger charge is 2.18. The number of anilines is 1. The first-order chi connectivity index (χ1) is 9.61. The van der Waals surface area contributed by atoms with Gasteiger partial charge in [0.05, 0.1) is 17.7 Å². The maximum atomic E-state index is 13.3. The number of ether oxygens (including phenoxy) is 1. The molecule has 2 aromatic heterocycles. The SMILES string of the molecule is COc1cccc(Cl)c1-c1nc2ccc(F)cn2c1N. The van der Waals surface area contributed by atoms with Crippen LogP contribution in [0.4, 0.5) is 10.2 Å². The third-order valence-electron chi connectivity index (χ3n) is 3.05. The number of nitrogens with two attached hydrogens (primary N) is 1. The van der Waals surface area contributed by atoms with Crippen LogP contribution < -0.4 is 10.5 Å². The molecule has 0 spiro atoms. The second-order valence-corrected chi connectivity index (χ2v) is 4.65. The molecule has 0 aliphatic carbocycles. The Kier molecular flexibility index (Phi) is 2.99. The number of benzene rings is 1. The number of halogens is 2. The second kappa shape index (κ2) is 4.68. The Balaban J connectivity index is 2.33. The fourth-order valence-electron chi connectivity index (χ4n) is 2.13. The highest BCUT2D eigenvalue weighted by atomic mass is 35.5. The monoisotopic (exact) mass is 291 g/mol. The number of nitrogens with zero attached hydrogens (tertiary/aromatic N) is 2. The van der Waals surface area contributed by atoms with E-state index in [9.17, 15) is 4.39 Å². The number of rotatable bonds is 2. The summed E-state index contributed by atoms with van der Waals surface area (Å²) in [4.78, 5) is 4.40. The van der Waals surface area contributed by atoms with Gasteiger partial charge in [-0.15, -0.1) is 0 Å². The number of methoxy groups -OCH3 is 1. The topological polar surface area (TPSA) is 52.5 Å². The Labute approximate surface area is 119 Å². The summed E-state index contributed by atoms with van der Waals surface area (Å²) < 4.78 is 20.1. The van der Waals surface area contributed by atoms with E-state index in [1.54, 1.807) is 31.4 Å². The minimum absolute atomic E-state index is 0.311. The van der Waals surface area contributed by atoms with Gasteiger partial charge in [-0.25, -0.2) is 9.37 Å². The van der Waals surface area contributed by atoms with Crippen molar-refractivity contribution in [2.75, 3.05) is 12.8 Å². The summed E-state index contributed by atoms with van der Waals surface area (Å²) in [5.41, 5.74) is 7.66. The van der Waals surface area contributed by atoms with Crippen molar-refractivity contribution in [3.05, 3.63) is 47.4 Å². The van der Waals surface area contributed by atoms with E-state index in [4.69, 9.17) is 22.1 Å². The van der Waals surface area contributed by atoms with Crippen molar-refractivity contribution in [1.29, 1.82) is 0 Å². The highest BCUT2D eigenvalue weighted by molar-refractivity contribution is 6.33. The molecule has 0 saturated heterocycles. The summed E-state index contributed by atoms with van der Waals surface area (Å²) in [5, 5.41) is 0.472. The average molecular weight is 292 g/mol. The van der Waals surface area contributed by atoms with Gasteiger partial charge in [0.25, 0.3) is 0 Å². The molecule has 3 aromatic rings. The van der Waals surface area contributed by atoms with E-state index in [-0.39, 0.29) is 5.82 Å². The molecule has 0 saturated carbocycles. The molecule has 0 aliphatic heterocycles. The van der Waals surface area contributed by atoms with Gasteiger partial charge in [-0.05, 0) is 24.3 Å². The smallest absolute Gasteiger partial charge is 0.140 e. The molecule has 102 valence electrons. The minimum Gasteiger partial charge on any atom is -0.496 e. The molecule has 0 bridgehead atoms. The maximum Gasteiger partial charge on any atom is 0.140 e. The Morgan fingerprint density at radius 2 is 2.10 bits per heavy atom.